The Labute approximate surface area is 202 Å². The Balaban J connectivity index is 1.60. The maximum atomic E-state index is 12.6. The summed E-state index contributed by atoms with van der Waals surface area (Å²) in [6.45, 7) is 17.1. The van der Waals surface area contributed by atoms with Crippen LogP contribution in [0.2, 0.25) is 0 Å². The predicted octanol–water partition coefficient (Wildman–Crippen LogP) is 7.18. The van der Waals surface area contributed by atoms with Crippen LogP contribution in [-0.4, -0.2) is 11.4 Å². The summed E-state index contributed by atoms with van der Waals surface area (Å²) in [5.41, 5.74) is 2.23. The molecule has 0 bridgehead atoms. The summed E-state index contributed by atoms with van der Waals surface area (Å²) in [7, 11) is 0. The van der Waals surface area contributed by atoms with Gasteiger partial charge in [0.25, 0.3) is 0 Å². The van der Waals surface area contributed by atoms with Crippen LogP contribution in [0.15, 0.2) is 11.6 Å². The number of hydrogen-bond donors (Lipinski definition) is 1. The van der Waals surface area contributed by atoms with Gasteiger partial charge in [-0.05, 0) is 111 Å². The zero-order valence-corrected chi connectivity index (χ0v) is 22.2. The highest BCUT2D eigenvalue weighted by Gasteiger charge is 2.67. The van der Waals surface area contributed by atoms with Crippen molar-refractivity contribution in [3.63, 3.8) is 0 Å². The Morgan fingerprint density at radius 2 is 1.64 bits per heavy atom. The van der Waals surface area contributed by atoms with Crippen molar-refractivity contribution in [3.05, 3.63) is 11.6 Å². The summed E-state index contributed by atoms with van der Waals surface area (Å²) in [5.74, 6) is 1.76. The van der Waals surface area contributed by atoms with Gasteiger partial charge in [-0.15, -0.1) is 0 Å². The van der Waals surface area contributed by atoms with Gasteiger partial charge in [0.2, 0.25) is 5.91 Å². The molecule has 1 heterocycles. The fourth-order valence-electron chi connectivity index (χ4n) is 10.2. The van der Waals surface area contributed by atoms with Crippen molar-refractivity contribution in [1.29, 1.82) is 5.26 Å². The van der Waals surface area contributed by atoms with Crippen molar-refractivity contribution in [1.82, 2.24) is 5.32 Å². The topological polar surface area (TPSA) is 52.9 Å². The summed E-state index contributed by atoms with van der Waals surface area (Å²) in [5, 5.41) is 13.8. The van der Waals surface area contributed by atoms with E-state index < -0.39 is 0 Å². The molecule has 4 fully saturated rings. The van der Waals surface area contributed by atoms with E-state index in [0.717, 1.165) is 38.5 Å². The molecule has 5 rings (SSSR count). The molecule has 3 saturated carbocycles. The molecular formula is C30H46N2O. The van der Waals surface area contributed by atoms with E-state index in [4.69, 9.17) is 0 Å². The third kappa shape index (κ3) is 3.01. The Bertz CT molecular complexity index is 939. The summed E-state index contributed by atoms with van der Waals surface area (Å²) in [4.78, 5) is 12.6. The molecule has 0 unspecified atom stereocenters. The fourth-order valence-corrected chi connectivity index (χ4v) is 10.2. The lowest BCUT2D eigenvalue weighted by molar-refractivity contribution is -0.152. The number of nitrogens with one attached hydrogen (secondary N) is 1. The van der Waals surface area contributed by atoms with E-state index >= 15 is 0 Å². The first-order valence-corrected chi connectivity index (χ1v) is 13.7. The van der Waals surface area contributed by atoms with Crippen LogP contribution in [0.4, 0.5) is 0 Å². The molecule has 182 valence electrons. The van der Waals surface area contributed by atoms with E-state index in [2.05, 4.69) is 65.9 Å². The molecular weight excluding hydrogens is 404 g/mol. The van der Waals surface area contributed by atoms with Crippen molar-refractivity contribution in [2.24, 2.45) is 44.8 Å². The highest BCUT2D eigenvalue weighted by Crippen LogP contribution is 2.74. The average Bonchev–Trinajstić information content (AvgIpc) is 2.81. The normalized spacial score (nSPS) is 50.2. The van der Waals surface area contributed by atoms with Gasteiger partial charge in [-0.2, -0.15) is 5.26 Å². The van der Waals surface area contributed by atoms with Crippen LogP contribution in [0.3, 0.4) is 0 Å². The van der Waals surface area contributed by atoms with Crippen LogP contribution in [0.25, 0.3) is 0 Å². The molecule has 4 aliphatic carbocycles. The van der Waals surface area contributed by atoms with Crippen molar-refractivity contribution in [2.75, 3.05) is 0 Å². The van der Waals surface area contributed by atoms with Gasteiger partial charge >= 0.3 is 0 Å². The molecule has 0 radical (unpaired) electrons. The van der Waals surface area contributed by atoms with Crippen LogP contribution in [0.1, 0.15) is 113 Å². The minimum Gasteiger partial charge on any atom is -0.351 e. The first-order valence-electron chi connectivity index (χ1n) is 13.7. The molecule has 3 heteroatoms. The van der Waals surface area contributed by atoms with Gasteiger partial charge in [0, 0.05) is 12.0 Å². The molecule has 3 nitrogen and oxygen atoms in total. The average molecular weight is 451 g/mol. The lowest BCUT2D eigenvalue weighted by atomic mass is 9.35. The van der Waals surface area contributed by atoms with Crippen LogP contribution in [0.5, 0.6) is 0 Å². The molecule has 0 aromatic rings. The van der Waals surface area contributed by atoms with Gasteiger partial charge in [0.05, 0.1) is 11.5 Å². The second-order valence-corrected chi connectivity index (χ2v) is 14.8. The molecule has 5 aliphatic rings. The molecule has 1 saturated heterocycles. The Kier molecular flexibility index (Phi) is 4.89. The van der Waals surface area contributed by atoms with E-state index in [-0.39, 0.29) is 33.1 Å². The zero-order chi connectivity index (χ0) is 24.1. The molecule has 1 N–H and O–H groups in total. The predicted molar refractivity (Wildman–Crippen MR) is 133 cm³/mol. The molecule has 1 aliphatic heterocycles. The van der Waals surface area contributed by atoms with Crippen LogP contribution in [-0.2, 0) is 4.79 Å². The SMILES string of the molecule is CC1(C)CC[C@]2(C#N)CC[C@]3(C)C(=CC[C@@H]4[C@@]5(C)CCC(=O)NC(C)(C)[C@@H]5CC[C@]43C)[C@@H]2C1. The summed E-state index contributed by atoms with van der Waals surface area (Å²) >= 11 is 0. The van der Waals surface area contributed by atoms with Crippen molar-refractivity contribution >= 4 is 5.91 Å². The number of carbonyl (C=O) groups is 1. The molecule has 0 aromatic carbocycles. The van der Waals surface area contributed by atoms with Crippen LogP contribution in [0, 0.1) is 56.2 Å². The number of amides is 1. The fraction of sp³-hybridized carbons (Fsp3) is 0.867. The van der Waals surface area contributed by atoms with E-state index in [0.29, 0.717) is 29.6 Å². The monoisotopic (exact) mass is 450 g/mol. The lowest BCUT2D eigenvalue weighted by Gasteiger charge is -2.69. The quantitative estimate of drug-likeness (QED) is 0.397. The number of allylic oxidation sites excluding steroid dienone is 2. The van der Waals surface area contributed by atoms with Crippen LogP contribution < -0.4 is 5.32 Å². The molecule has 1 amide bonds. The molecule has 0 spiro atoms. The maximum Gasteiger partial charge on any atom is 0.220 e. The third-order valence-electron chi connectivity index (χ3n) is 12.3. The van der Waals surface area contributed by atoms with E-state index in [9.17, 15) is 10.1 Å². The number of hydrogen-bond acceptors (Lipinski definition) is 2. The molecule has 7 atom stereocenters. The van der Waals surface area contributed by atoms with Crippen molar-refractivity contribution in [3.8, 4) is 6.07 Å². The largest absolute Gasteiger partial charge is 0.351 e. The number of carbonyl (C=O) groups excluding carboxylic acids is 1. The Hall–Kier alpha value is -1.30. The van der Waals surface area contributed by atoms with Gasteiger partial charge in [0.1, 0.15) is 0 Å². The lowest BCUT2D eigenvalue weighted by Crippen LogP contribution is -2.64. The number of fused-ring (bicyclic) bond motifs is 7. The second-order valence-electron chi connectivity index (χ2n) is 14.8. The van der Waals surface area contributed by atoms with Crippen molar-refractivity contribution in [2.45, 2.75) is 118 Å². The van der Waals surface area contributed by atoms with E-state index in [1.54, 1.807) is 5.57 Å². The minimum absolute atomic E-state index is 0.147. The molecule has 0 aromatic heterocycles. The summed E-state index contributed by atoms with van der Waals surface area (Å²) in [6.07, 6.45) is 13.5. The van der Waals surface area contributed by atoms with Gasteiger partial charge in [-0.3, -0.25) is 4.79 Å². The van der Waals surface area contributed by atoms with Gasteiger partial charge in [0.15, 0.2) is 0 Å². The second kappa shape index (κ2) is 6.89. The highest BCUT2D eigenvalue weighted by atomic mass is 16.1. The van der Waals surface area contributed by atoms with E-state index in [1.165, 1.54) is 19.3 Å². The summed E-state index contributed by atoms with van der Waals surface area (Å²) in [6, 6.07) is 2.88. The van der Waals surface area contributed by atoms with Gasteiger partial charge in [-0.25, -0.2) is 0 Å². The Morgan fingerprint density at radius 3 is 2.33 bits per heavy atom. The highest BCUT2D eigenvalue weighted by molar-refractivity contribution is 5.77. The first-order chi connectivity index (χ1) is 15.2. The maximum absolute atomic E-state index is 12.6. The minimum atomic E-state index is -0.148. The molecule has 33 heavy (non-hydrogen) atoms. The van der Waals surface area contributed by atoms with E-state index in [1.807, 2.05) is 0 Å². The number of rotatable bonds is 0. The van der Waals surface area contributed by atoms with Gasteiger partial charge in [-0.1, -0.05) is 46.3 Å². The smallest absolute Gasteiger partial charge is 0.220 e. The first kappa shape index (κ1) is 23.4. The Morgan fingerprint density at radius 1 is 0.939 bits per heavy atom. The summed E-state index contributed by atoms with van der Waals surface area (Å²) < 4.78 is 0. The number of nitrogens with zero attached hydrogens (tertiary/aromatic N) is 1. The van der Waals surface area contributed by atoms with Gasteiger partial charge < -0.3 is 5.32 Å². The zero-order valence-electron chi connectivity index (χ0n) is 22.2. The number of nitriles is 1. The standard InChI is InChI=1S/C30H46N2O/c1-25(2)14-16-30(19-31)17-15-28(6)20(21(30)18-25)8-9-23-27(5)12-11-24(33)32-26(3,4)22(27)10-13-29(23,28)7/h8,21-23H,9-18H2,1-7H3,(H,32,33)/t21-,22-,23+,27-,28+,29+,30+/m0/s1. The third-order valence-corrected chi connectivity index (χ3v) is 12.3. The van der Waals surface area contributed by atoms with Crippen molar-refractivity contribution < 1.29 is 4.79 Å². The van der Waals surface area contributed by atoms with Crippen LogP contribution >= 0.6 is 0 Å².